The summed E-state index contributed by atoms with van der Waals surface area (Å²) in [6.07, 6.45) is 1.36. The lowest BCUT2D eigenvalue weighted by Crippen LogP contribution is -2.13. The third-order valence-corrected chi connectivity index (χ3v) is 3.38. The number of rotatable bonds is 5. The number of aromatic nitrogens is 3. The lowest BCUT2D eigenvalue weighted by Gasteiger charge is -2.20. The van der Waals surface area contributed by atoms with Crippen LogP contribution in [-0.4, -0.2) is 25.2 Å². The van der Waals surface area contributed by atoms with E-state index in [2.05, 4.69) is 20.5 Å². The van der Waals surface area contributed by atoms with E-state index in [1.165, 1.54) is 18.5 Å². The molecule has 23 heavy (non-hydrogen) atoms. The van der Waals surface area contributed by atoms with E-state index in [9.17, 15) is 15.2 Å². The normalized spacial score (nSPS) is 11.8. The maximum atomic E-state index is 10.8. The van der Waals surface area contributed by atoms with Crippen LogP contribution >= 0.6 is 0 Å². The molecule has 0 saturated carbocycles. The fraction of sp³-hybridized carbons (Fsp3) is 0.0667. The number of phenolic OH excluding ortho intramolecular Hbond substituents is 1. The van der Waals surface area contributed by atoms with Gasteiger partial charge in [0.05, 0.1) is 11.0 Å². The van der Waals surface area contributed by atoms with Crippen molar-refractivity contribution >= 4 is 11.6 Å². The SMILES string of the molecule is O=[N+]([O-])c1ccc(C(Nc2ncn[nH]2)c2ccccc2O)cc1. The van der Waals surface area contributed by atoms with Crippen LogP contribution in [0.15, 0.2) is 54.9 Å². The summed E-state index contributed by atoms with van der Waals surface area (Å²) in [5.74, 6) is 0.541. The number of benzene rings is 2. The summed E-state index contributed by atoms with van der Waals surface area (Å²) in [5, 5.41) is 30.5. The average Bonchev–Trinajstić information content (AvgIpc) is 3.07. The Labute approximate surface area is 131 Å². The first-order valence-electron chi connectivity index (χ1n) is 6.79. The Hall–Kier alpha value is -3.42. The van der Waals surface area contributed by atoms with Crippen molar-refractivity contribution in [1.82, 2.24) is 15.2 Å². The number of nitro groups is 1. The van der Waals surface area contributed by atoms with Crippen LogP contribution in [0.4, 0.5) is 11.6 Å². The van der Waals surface area contributed by atoms with E-state index in [4.69, 9.17) is 0 Å². The summed E-state index contributed by atoms with van der Waals surface area (Å²) in [5.41, 5.74) is 1.37. The van der Waals surface area contributed by atoms with Crippen LogP contribution < -0.4 is 5.32 Å². The van der Waals surface area contributed by atoms with Gasteiger partial charge in [-0.05, 0) is 23.8 Å². The van der Waals surface area contributed by atoms with Gasteiger partial charge in [0.25, 0.3) is 5.69 Å². The maximum absolute atomic E-state index is 10.8. The highest BCUT2D eigenvalue weighted by Crippen LogP contribution is 2.32. The fourth-order valence-corrected chi connectivity index (χ4v) is 2.27. The average molecular weight is 311 g/mol. The van der Waals surface area contributed by atoms with Crippen LogP contribution in [0, 0.1) is 10.1 Å². The van der Waals surface area contributed by atoms with E-state index >= 15 is 0 Å². The molecule has 3 aromatic rings. The van der Waals surface area contributed by atoms with Gasteiger partial charge in [-0.3, -0.25) is 10.1 Å². The number of hydrogen-bond donors (Lipinski definition) is 3. The molecule has 0 aliphatic carbocycles. The quantitative estimate of drug-likeness (QED) is 0.492. The number of aromatic amines is 1. The molecule has 1 unspecified atom stereocenters. The number of anilines is 1. The first-order valence-corrected chi connectivity index (χ1v) is 6.79. The zero-order valence-electron chi connectivity index (χ0n) is 11.9. The molecule has 0 aliphatic rings. The molecule has 0 saturated heterocycles. The van der Waals surface area contributed by atoms with Crippen LogP contribution in [0.5, 0.6) is 5.75 Å². The fourth-order valence-electron chi connectivity index (χ4n) is 2.27. The van der Waals surface area contributed by atoms with Crippen molar-refractivity contribution in [3.8, 4) is 5.75 Å². The summed E-state index contributed by atoms with van der Waals surface area (Å²) in [6.45, 7) is 0. The van der Waals surface area contributed by atoms with E-state index in [0.29, 0.717) is 11.5 Å². The number of nitrogens with zero attached hydrogens (tertiary/aromatic N) is 3. The molecule has 1 aromatic heterocycles. The summed E-state index contributed by atoms with van der Waals surface area (Å²) in [7, 11) is 0. The van der Waals surface area contributed by atoms with Crippen molar-refractivity contribution in [3.63, 3.8) is 0 Å². The van der Waals surface area contributed by atoms with E-state index in [1.54, 1.807) is 36.4 Å². The van der Waals surface area contributed by atoms with Crippen molar-refractivity contribution in [3.05, 3.63) is 76.1 Å². The number of phenols is 1. The van der Waals surface area contributed by atoms with Crippen LogP contribution in [0.25, 0.3) is 0 Å². The Morgan fingerprint density at radius 1 is 1.17 bits per heavy atom. The predicted molar refractivity (Wildman–Crippen MR) is 83.1 cm³/mol. The Morgan fingerprint density at radius 3 is 2.52 bits per heavy atom. The Morgan fingerprint density at radius 2 is 1.91 bits per heavy atom. The monoisotopic (exact) mass is 311 g/mol. The van der Waals surface area contributed by atoms with Crippen molar-refractivity contribution in [2.45, 2.75) is 6.04 Å². The molecule has 0 fully saturated rings. The van der Waals surface area contributed by atoms with Crippen LogP contribution in [-0.2, 0) is 0 Å². The second-order valence-electron chi connectivity index (χ2n) is 4.82. The minimum Gasteiger partial charge on any atom is -0.508 e. The number of non-ortho nitro benzene ring substituents is 1. The molecule has 3 N–H and O–H groups in total. The molecule has 116 valence electrons. The van der Waals surface area contributed by atoms with Gasteiger partial charge in [0.1, 0.15) is 12.1 Å². The maximum Gasteiger partial charge on any atom is 0.269 e. The molecule has 0 amide bonds. The lowest BCUT2D eigenvalue weighted by atomic mass is 9.97. The minimum atomic E-state index is -0.456. The highest BCUT2D eigenvalue weighted by molar-refractivity contribution is 5.47. The highest BCUT2D eigenvalue weighted by atomic mass is 16.6. The molecule has 3 rings (SSSR count). The van der Waals surface area contributed by atoms with Gasteiger partial charge in [0, 0.05) is 17.7 Å². The molecule has 8 nitrogen and oxygen atoms in total. The second-order valence-corrected chi connectivity index (χ2v) is 4.82. The number of hydrogen-bond acceptors (Lipinski definition) is 6. The number of para-hydroxylation sites is 1. The summed E-state index contributed by atoms with van der Waals surface area (Å²) >= 11 is 0. The Kier molecular flexibility index (Phi) is 3.88. The molecular weight excluding hydrogens is 298 g/mol. The Balaban J connectivity index is 2.01. The zero-order valence-corrected chi connectivity index (χ0v) is 11.9. The summed E-state index contributed by atoms with van der Waals surface area (Å²) in [6, 6.07) is 12.5. The van der Waals surface area contributed by atoms with Crippen LogP contribution in [0.3, 0.4) is 0 Å². The first kappa shape index (κ1) is 14.5. The lowest BCUT2D eigenvalue weighted by molar-refractivity contribution is -0.384. The number of H-pyrrole nitrogens is 1. The molecule has 0 radical (unpaired) electrons. The first-order chi connectivity index (χ1) is 11.1. The minimum absolute atomic E-state index is 0.00412. The molecule has 8 heteroatoms. The van der Waals surface area contributed by atoms with Crippen molar-refractivity contribution in [2.75, 3.05) is 5.32 Å². The number of aromatic hydroxyl groups is 1. The molecular formula is C15H13N5O3. The molecule has 1 atom stereocenters. The highest BCUT2D eigenvalue weighted by Gasteiger charge is 2.19. The van der Waals surface area contributed by atoms with Gasteiger partial charge >= 0.3 is 0 Å². The Bertz CT molecular complexity index is 802. The van der Waals surface area contributed by atoms with Crippen molar-refractivity contribution < 1.29 is 10.0 Å². The van der Waals surface area contributed by atoms with Gasteiger partial charge in [-0.25, -0.2) is 10.1 Å². The number of nitro benzene ring substituents is 1. The van der Waals surface area contributed by atoms with E-state index in [0.717, 1.165) is 5.56 Å². The van der Waals surface area contributed by atoms with Crippen molar-refractivity contribution in [1.29, 1.82) is 0 Å². The molecule has 0 spiro atoms. The molecule has 1 heterocycles. The van der Waals surface area contributed by atoms with Crippen LogP contribution in [0.2, 0.25) is 0 Å². The summed E-state index contributed by atoms with van der Waals surface area (Å²) < 4.78 is 0. The van der Waals surface area contributed by atoms with E-state index in [1.807, 2.05) is 0 Å². The number of nitrogens with one attached hydrogen (secondary N) is 2. The second kappa shape index (κ2) is 6.14. The molecule has 0 bridgehead atoms. The van der Waals surface area contributed by atoms with Gasteiger partial charge in [-0.2, -0.15) is 5.10 Å². The smallest absolute Gasteiger partial charge is 0.269 e. The van der Waals surface area contributed by atoms with Gasteiger partial charge in [0.15, 0.2) is 0 Å². The topological polar surface area (TPSA) is 117 Å². The van der Waals surface area contributed by atoms with E-state index < -0.39 is 11.0 Å². The summed E-state index contributed by atoms with van der Waals surface area (Å²) in [4.78, 5) is 14.3. The van der Waals surface area contributed by atoms with Gasteiger partial charge in [0.2, 0.25) is 5.95 Å². The van der Waals surface area contributed by atoms with Gasteiger partial charge < -0.3 is 10.4 Å². The molecule has 2 aromatic carbocycles. The molecule has 0 aliphatic heterocycles. The zero-order chi connectivity index (χ0) is 16.2. The van der Waals surface area contributed by atoms with E-state index in [-0.39, 0.29) is 11.4 Å². The predicted octanol–water partition coefficient (Wildman–Crippen LogP) is 2.62. The van der Waals surface area contributed by atoms with Gasteiger partial charge in [-0.15, -0.1) is 0 Å². The third-order valence-electron chi connectivity index (χ3n) is 3.38. The largest absolute Gasteiger partial charge is 0.508 e. The third kappa shape index (κ3) is 3.10. The van der Waals surface area contributed by atoms with Crippen molar-refractivity contribution in [2.24, 2.45) is 0 Å². The van der Waals surface area contributed by atoms with Crippen LogP contribution in [0.1, 0.15) is 17.2 Å². The van der Waals surface area contributed by atoms with Gasteiger partial charge in [-0.1, -0.05) is 18.2 Å². The standard InChI is InChI=1S/C15H13N5O3/c21-13-4-2-1-3-12(13)14(18-15-16-9-17-19-15)10-5-7-11(8-6-10)20(22)23/h1-9,14,21H,(H2,16,17,18,19).